The summed E-state index contributed by atoms with van der Waals surface area (Å²) in [5.41, 5.74) is 2.84. The van der Waals surface area contributed by atoms with Crippen molar-refractivity contribution in [2.24, 2.45) is 0 Å². The Balaban J connectivity index is 1.84. The molecule has 0 bridgehead atoms. The fourth-order valence-electron chi connectivity index (χ4n) is 3.18. The van der Waals surface area contributed by atoms with Crippen LogP contribution in [0.3, 0.4) is 0 Å². The van der Waals surface area contributed by atoms with Gasteiger partial charge in [0.05, 0.1) is 18.5 Å². The van der Waals surface area contributed by atoms with Gasteiger partial charge in [0.15, 0.2) is 11.5 Å². The molecule has 29 heavy (non-hydrogen) atoms. The van der Waals surface area contributed by atoms with Gasteiger partial charge in [0.25, 0.3) is 0 Å². The second-order valence-corrected chi connectivity index (χ2v) is 6.31. The quantitative estimate of drug-likeness (QED) is 0.382. The number of benzene rings is 3. The lowest BCUT2D eigenvalue weighted by atomic mass is 10.1. The SMILES string of the molecule is COc1ccc(N2c3ccccc3Oc3cc(/C=C(/C#N)C(=O)O)ccc32)cc1. The molecule has 0 unspecified atom stereocenters. The van der Waals surface area contributed by atoms with Gasteiger partial charge in [-0.15, -0.1) is 0 Å². The lowest BCUT2D eigenvalue weighted by Gasteiger charge is -2.33. The molecule has 3 aromatic carbocycles. The molecule has 1 N–H and O–H groups in total. The number of ether oxygens (including phenoxy) is 2. The number of hydrogen-bond donors (Lipinski definition) is 1. The van der Waals surface area contributed by atoms with Crippen LogP contribution in [0, 0.1) is 11.3 Å². The number of carbonyl (C=O) groups is 1. The molecule has 142 valence electrons. The van der Waals surface area contributed by atoms with Gasteiger partial charge < -0.3 is 19.5 Å². The van der Waals surface area contributed by atoms with Gasteiger partial charge in [-0.1, -0.05) is 18.2 Å². The first kappa shape index (κ1) is 18.1. The van der Waals surface area contributed by atoms with E-state index in [1.807, 2.05) is 54.6 Å². The third-order valence-corrected chi connectivity index (χ3v) is 4.54. The Bertz CT molecular complexity index is 1160. The van der Waals surface area contributed by atoms with Crippen molar-refractivity contribution in [1.82, 2.24) is 0 Å². The lowest BCUT2D eigenvalue weighted by molar-refractivity contribution is -0.132. The van der Waals surface area contributed by atoms with E-state index in [1.54, 1.807) is 25.3 Å². The highest BCUT2D eigenvalue weighted by molar-refractivity contribution is 5.97. The van der Waals surface area contributed by atoms with E-state index < -0.39 is 5.97 Å². The Kier molecular flexibility index (Phi) is 4.63. The summed E-state index contributed by atoms with van der Waals surface area (Å²) >= 11 is 0. The summed E-state index contributed by atoms with van der Waals surface area (Å²) in [4.78, 5) is 13.2. The Hall–Kier alpha value is -4.24. The summed E-state index contributed by atoms with van der Waals surface area (Å²) in [5, 5.41) is 18.1. The summed E-state index contributed by atoms with van der Waals surface area (Å²) in [6.45, 7) is 0. The number of anilines is 3. The van der Waals surface area contributed by atoms with Crippen LogP contribution in [0.15, 0.2) is 72.3 Å². The van der Waals surface area contributed by atoms with E-state index in [9.17, 15) is 4.79 Å². The molecule has 0 saturated carbocycles. The van der Waals surface area contributed by atoms with E-state index in [-0.39, 0.29) is 5.57 Å². The Morgan fingerprint density at radius 1 is 1.07 bits per heavy atom. The molecule has 0 atom stereocenters. The number of aliphatic carboxylic acids is 1. The Labute approximate surface area is 167 Å². The van der Waals surface area contributed by atoms with Crippen molar-refractivity contribution in [1.29, 1.82) is 5.26 Å². The summed E-state index contributed by atoms with van der Waals surface area (Å²) in [6.07, 6.45) is 1.32. The third-order valence-electron chi connectivity index (χ3n) is 4.54. The number of nitrogens with zero attached hydrogens (tertiary/aromatic N) is 2. The third kappa shape index (κ3) is 3.37. The van der Waals surface area contributed by atoms with Gasteiger partial charge in [-0.25, -0.2) is 4.79 Å². The number of carboxylic acids is 1. The zero-order valence-corrected chi connectivity index (χ0v) is 15.5. The molecule has 4 rings (SSSR count). The van der Waals surface area contributed by atoms with Crippen LogP contribution >= 0.6 is 0 Å². The van der Waals surface area contributed by atoms with E-state index in [0.29, 0.717) is 17.1 Å². The number of para-hydroxylation sites is 2. The highest BCUT2D eigenvalue weighted by atomic mass is 16.5. The summed E-state index contributed by atoms with van der Waals surface area (Å²) in [6, 6.07) is 22.4. The van der Waals surface area contributed by atoms with Gasteiger partial charge in [0.2, 0.25) is 0 Å². The molecule has 0 saturated heterocycles. The van der Waals surface area contributed by atoms with Crippen molar-refractivity contribution >= 4 is 29.1 Å². The van der Waals surface area contributed by atoms with E-state index in [0.717, 1.165) is 22.8 Å². The average Bonchev–Trinajstić information content (AvgIpc) is 2.75. The number of hydrogen-bond acceptors (Lipinski definition) is 5. The Morgan fingerprint density at radius 2 is 1.79 bits per heavy atom. The number of fused-ring (bicyclic) bond motifs is 2. The second-order valence-electron chi connectivity index (χ2n) is 6.31. The normalized spacial score (nSPS) is 12.3. The number of rotatable bonds is 4. The first-order valence-corrected chi connectivity index (χ1v) is 8.81. The molecule has 1 heterocycles. The fourth-order valence-corrected chi connectivity index (χ4v) is 3.18. The van der Waals surface area contributed by atoms with Crippen LogP contribution in [0.25, 0.3) is 6.08 Å². The van der Waals surface area contributed by atoms with Crippen molar-refractivity contribution in [3.8, 4) is 23.3 Å². The number of methoxy groups -OCH3 is 1. The number of nitriles is 1. The predicted octanol–water partition coefficient (Wildman–Crippen LogP) is 5.26. The zero-order valence-electron chi connectivity index (χ0n) is 15.5. The van der Waals surface area contributed by atoms with Gasteiger partial charge in [-0.3, -0.25) is 0 Å². The van der Waals surface area contributed by atoms with Gasteiger partial charge in [-0.2, -0.15) is 5.26 Å². The zero-order chi connectivity index (χ0) is 20.4. The van der Waals surface area contributed by atoms with Crippen LogP contribution in [-0.4, -0.2) is 18.2 Å². The monoisotopic (exact) mass is 384 g/mol. The van der Waals surface area contributed by atoms with Gasteiger partial charge in [0, 0.05) is 5.69 Å². The number of carboxylic acid groups (broad SMARTS) is 1. The average molecular weight is 384 g/mol. The largest absolute Gasteiger partial charge is 0.497 e. The summed E-state index contributed by atoms with van der Waals surface area (Å²) < 4.78 is 11.3. The topological polar surface area (TPSA) is 82.8 Å². The van der Waals surface area contributed by atoms with Gasteiger partial charge in [-0.05, 0) is 60.2 Å². The molecule has 3 aromatic rings. The molecule has 6 heteroatoms. The highest BCUT2D eigenvalue weighted by Crippen LogP contribution is 2.50. The molecule has 1 aliphatic heterocycles. The van der Waals surface area contributed by atoms with Crippen LogP contribution in [0.4, 0.5) is 17.1 Å². The van der Waals surface area contributed by atoms with E-state index in [1.165, 1.54) is 6.08 Å². The first-order chi connectivity index (χ1) is 14.1. The minimum atomic E-state index is -1.27. The molecule has 0 aliphatic carbocycles. The van der Waals surface area contributed by atoms with Crippen LogP contribution in [0.1, 0.15) is 5.56 Å². The minimum Gasteiger partial charge on any atom is -0.497 e. The summed E-state index contributed by atoms with van der Waals surface area (Å²) in [5.74, 6) is 0.733. The Morgan fingerprint density at radius 3 is 2.48 bits per heavy atom. The predicted molar refractivity (Wildman–Crippen MR) is 109 cm³/mol. The molecule has 0 aromatic heterocycles. The van der Waals surface area contributed by atoms with E-state index in [4.69, 9.17) is 19.8 Å². The molecule has 0 spiro atoms. The van der Waals surface area contributed by atoms with E-state index in [2.05, 4.69) is 4.90 Å². The molecule has 1 aliphatic rings. The molecule has 6 nitrogen and oxygen atoms in total. The van der Waals surface area contributed by atoms with Crippen LogP contribution in [0.2, 0.25) is 0 Å². The minimum absolute atomic E-state index is 0.340. The van der Waals surface area contributed by atoms with Crippen molar-refractivity contribution < 1.29 is 19.4 Å². The molecule has 0 radical (unpaired) electrons. The van der Waals surface area contributed by atoms with Gasteiger partial charge >= 0.3 is 5.97 Å². The van der Waals surface area contributed by atoms with Crippen molar-refractivity contribution in [3.63, 3.8) is 0 Å². The van der Waals surface area contributed by atoms with Crippen LogP contribution in [0.5, 0.6) is 17.2 Å². The highest BCUT2D eigenvalue weighted by Gasteiger charge is 2.25. The maximum Gasteiger partial charge on any atom is 0.346 e. The standard InChI is InChI=1S/C23H16N2O4/c1-28-18-9-7-17(8-10-18)25-19-4-2-3-5-21(19)29-22-13-15(6-11-20(22)25)12-16(14-24)23(26)27/h2-13H,1H3,(H,26,27)/b16-12-. The molecular formula is C23H16N2O4. The molecular weight excluding hydrogens is 368 g/mol. The fraction of sp³-hybridized carbons (Fsp3) is 0.0435. The first-order valence-electron chi connectivity index (χ1n) is 8.81. The van der Waals surface area contributed by atoms with Crippen molar-refractivity contribution in [3.05, 3.63) is 77.9 Å². The smallest absolute Gasteiger partial charge is 0.346 e. The maximum absolute atomic E-state index is 11.1. The molecule has 0 fully saturated rings. The van der Waals surface area contributed by atoms with Crippen LogP contribution < -0.4 is 14.4 Å². The second kappa shape index (κ2) is 7.41. The van der Waals surface area contributed by atoms with Crippen molar-refractivity contribution in [2.75, 3.05) is 12.0 Å². The molecule has 0 amide bonds. The summed E-state index contributed by atoms with van der Waals surface area (Å²) in [7, 11) is 1.62. The maximum atomic E-state index is 11.1. The van der Waals surface area contributed by atoms with E-state index >= 15 is 0 Å². The van der Waals surface area contributed by atoms with Crippen molar-refractivity contribution in [2.45, 2.75) is 0 Å². The van der Waals surface area contributed by atoms with Gasteiger partial charge in [0.1, 0.15) is 17.4 Å². The van der Waals surface area contributed by atoms with Crippen LogP contribution in [-0.2, 0) is 4.79 Å². The lowest BCUT2D eigenvalue weighted by Crippen LogP contribution is -2.15.